The lowest BCUT2D eigenvalue weighted by Gasteiger charge is -2.18. The summed E-state index contributed by atoms with van der Waals surface area (Å²) in [5.74, 6) is -1.14. The molecule has 0 bridgehead atoms. The van der Waals surface area contributed by atoms with Crippen LogP contribution in [-0.2, 0) is 22.7 Å². The van der Waals surface area contributed by atoms with Gasteiger partial charge in [-0.1, -0.05) is 29.8 Å². The van der Waals surface area contributed by atoms with Crippen LogP contribution in [0.3, 0.4) is 0 Å². The van der Waals surface area contributed by atoms with Crippen molar-refractivity contribution in [3.8, 4) is 16.3 Å². The normalized spacial score (nSPS) is 12.0. The van der Waals surface area contributed by atoms with Crippen LogP contribution < -0.4 is 10.1 Å². The number of benzene rings is 1. The molecule has 10 heteroatoms. The highest BCUT2D eigenvalue weighted by Gasteiger charge is 2.26. The summed E-state index contributed by atoms with van der Waals surface area (Å²) in [6.07, 6.45) is 3.21. The number of halogens is 1. The van der Waals surface area contributed by atoms with Gasteiger partial charge in [0.2, 0.25) is 0 Å². The van der Waals surface area contributed by atoms with Gasteiger partial charge in [-0.25, -0.2) is 9.78 Å². The van der Waals surface area contributed by atoms with Crippen molar-refractivity contribution >= 4 is 40.5 Å². The summed E-state index contributed by atoms with van der Waals surface area (Å²) < 4.78 is 13.2. The predicted octanol–water partition coefficient (Wildman–Crippen LogP) is 5.65. The summed E-state index contributed by atoms with van der Waals surface area (Å²) in [6, 6.07) is 9.25. The van der Waals surface area contributed by atoms with Crippen molar-refractivity contribution in [2.24, 2.45) is 0 Å². The minimum absolute atomic E-state index is 0.110. The van der Waals surface area contributed by atoms with E-state index in [1.54, 1.807) is 24.4 Å². The van der Waals surface area contributed by atoms with Crippen molar-refractivity contribution in [2.75, 3.05) is 7.05 Å². The zero-order chi connectivity index (χ0) is 26.0. The van der Waals surface area contributed by atoms with Gasteiger partial charge in [0.25, 0.3) is 0 Å². The Labute approximate surface area is 217 Å². The molecule has 3 aromatic heterocycles. The number of thiophene rings is 1. The van der Waals surface area contributed by atoms with E-state index in [9.17, 15) is 14.7 Å². The lowest BCUT2D eigenvalue weighted by molar-refractivity contribution is -0.142. The Hall–Kier alpha value is -3.40. The van der Waals surface area contributed by atoms with Gasteiger partial charge < -0.3 is 19.9 Å². The van der Waals surface area contributed by atoms with Gasteiger partial charge in [0.05, 0.1) is 16.8 Å². The van der Waals surface area contributed by atoms with Crippen molar-refractivity contribution in [1.82, 2.24) is 14.7 Å². The average molecular weight is 528 g/mol. The molecule has 0 fully saturated rings. The molecule has 0 spiro atoms. The zero-order valence-corrected chi connectivity index (χ0v) is 21.9. The summed E-state index contributed by atoms with van der Waals surface area (Å²) >= 11 is 7.65. The Morgan fingerprint density at radius 1 is 1.25 bits per heavy atom. The van der Waals surface area contributed by atoms with Gasteiger partial charge in [-0.05, 0) is 44.2 Å². The number of pyridine rings is 1. The van der Waals surface area contributed by atoms with E-state index < -0.39 is 12.1 Å². The van der Waals surface area contributed by atoms with Gasteiger partial charge >= 0.3 is 11.9 Å². The molecule has 0 aliphatic carbocycles. The van der Waals surface area contributed by atoms with Crippen molar-refractivity contribution in [1.29, 1.82) is 0 Å². The smallest absolute Gasteiger partial charge is 0.349 e. The number of hydrogen-bond acceptors (Lipinski definition) is 7. The molecule has 0 saturated carbocycles. The summed E-state index contributed by atoms with van der Waals surface area (Å²) in [5, 5.41) is 13.5. The second-order valence-electron chi connectivity index (χ2n) is 8.36. The molecule has 0 unspecified atom stereocenters. The molecule has 4 aromatic rings. The number of carboxylic acids is 1. The molecular formula is C26H26ClN3O5S. The van der Waals surface area contributed by atoms with Gasteiger partial charge in [0.15, 0.2) is 4.88 Å². The van der Waals surface area contributed by atoms with E-state index in [0.29, 0.717) is 28.4 Å². The maximum Gasteiger partial charge on any atom is 0.349 e. The lowest BCUT2D eigenvalue weighted by atomic mass is 10.1. The summed E-state index contributed by atoms with van der Waals surface area (Å²) in [6.45, 7) is 5.83. The lowest BCUT2D eigenvalue weighted by Crippen LogP contribution is -2.08. The molecule has 3 heterocycles. The number of rotatable bonds is 9. The first-order chi connectivity index (χ1) is 17.2. The molecule has 36 heavy (non-hydrogen) atoms. The topological polar surface area (TPSA) is 102 Å². The summed E-state index contributed by atoms with van der Waals surface area (Å²) in [5.41, 5.74) is 4.80. The Morgan fingerprint density at radius 2 is 2.00 bits per heavy atom. The molecule has 1 aromatic carbocycles. The van der Waals surface area contributed by atoms with Crippen molar-refractivity contribution < 1.29 is 24.2 Å². The van der Waals surface area contributed by atoms with E-state index in [1.807, 2.05) is 43.6 Å². The van der Waals surface area contributed by atoms with Gasteiger partial charge in [0.1, 0.15) is 24.1 Å². The predicted molar refractivity (Wildman–Crippen MR) is 139 cm³/mol. The largest absolute Gasteiger partial charge is 0.484 e. The van der Waals surface area contributed by atoms with Gasteiger partial charge in [-0.15, -0.1) is 11.3 Å². The second kappa shape index (κ2) is 10.7. The van der Waals surface area contributed by atoms with Crippen LogP contribution in [0.1, 0.15) is 51.9 Å². The number of aromatic carboxylic acids is 1. The van der Waals surface area contributed by atoms with E-state index in [-0.39, 0.29) is 17.5 Å². The van der Waals surface area contributed by atoms with Crippen LogP contribution in [-0.4, -0.2) is 33.5 Å². The molecular weight excluding hydrogens is 502 g/mol. The van der Waals surface area contributed by atoms with E-state index in [2.05, 4.69) is 10.3 Å². The molecule has 0 amide bonds. The Morgan fingerprint density at radius 3 is 2.67 bits per heavy atom. The van der Waals surface area contributed by atoms with Crippen molar-refractivity contribution in [3.05, 3.63) is 74.9 Å². The Balaban J connectivity index is 1.68. The van der Waals surface area contributed by atoms with Crippen LogP contribution in [0.15, 0.2) is 42.7 Å². The molecule has 2 N–H and O–H groups in total. The van der Waals surface area contributed by atoms with Crippen LogP contribution in [0.5, 0.6) is 5.75 Å². The third kappa shape index (κ3) is 5.23. The van der Waals surface area contributed by atoms with Crippen LogP contribution >= 0.6 is 22.9 Å². The minimum atomic E-state index is -1.07. The fraction of sp³-hybridized carbons (Fsp3) is 0.269. The van der Waals surface area contributed by atoms with E-state index in [0.717, 1.165) is 38.7 Å². The summed E-state index contributed by atoms with van der Waals surface area (Å²) in [4.78, 5) is 28.6. The third-order valence-electron chi connectivity index (χ3n) is 5.71. The second-order valence-corrected chi connectivity index (χ2v) is 9.78. The van der Waals surface area contributed by atoms with Crippen LogP contribution in [0.25, 0.3) is 16.2 Å². The van der Waals surface area contributed by atoms with Gasteiger partial charge in [0, 0.05) is 35.8 Å². The first-order valence-electron chi connectivity index (χ1n) is 11.3. The van der Waals surface area contributed by atoms with E-state index in [4.69, 9.17) is 21.1 Å². The maximum absolute atomic E-state index is 12.1. The standard InChI is InChI=1S/C26H26ClN3O5S/c1-14-23(35-15(2)19-7-5-17(9-20(19)27)13-34-16(3)31)25(26(32)33)36-24(14)21-11-29-22-8-6-18(10-28-4)12-30(21)22/h5-9,11-12,15,28H,10,13H2,1-4H3,(H,32,33)/t15-/m1/s1. The van der Waals surface area contributed by atoms with E-state index in [1.165, 1.54) is 6.92 Å². The third-order valence-corrected chi connectivity index (χ3v) is 7.32. The number of fused-ring (bicyclic) bond motifs is 1. The molecule has 1 atom stereocenters. The highest BCUT2D eigenvalue weighted by molar-refractivity contribution is 7.17. The molecule has 4 rings (SSSR count). The van der Waals surface area contributed by atoms with Gasteiger partial charge in [-0.2, -0.15) is 0 Å². The van der Waals surface area contributed by atoms with Crippen LogP contribution in [0.4, 0.5) is 0 Å². The fourth-order valence-corrected chi connectivity index (χ4v) is 5.39. The zero-order valence-electron chi connectivity index (χ0n) is 20.3. The van der Waals surface area contributed by atoms with Crippen LogP contribution in [0.2, 0.25) is 5.02 Å². The molecule has 0 aliphatic heterocycles. The molecule has 8 nitrogen and oxygen atoms in total. The first kappa shape index (κ1) is 25.7. The fourth-order valence-electron chi connectivity index (χ4n) is 3.94. The Bertz CT molecular complexity index is 1450. The SMILES string of the molecule is CNCc1ccc2ncc(-c3sc(C(=O)O)c(O[C@H](C)c4ccc(COC(C)=O)cc4Cl)c3C)n2c1. The van der Waals surface area contributed by atoms with Crippen molar-refractivity contribution in [2.45, 2.75) is 40.0 Å². The number of carbonyl (C=O) groups is 2. The number of aromatic nitrogens is 2. The van der Waals surface area contributed by atoms with Crippen molar-refractivity contribution in [3.63, 3.8) is 0 Å². The maximum atomic E-state index is 12.1. The van der Waals surface area contributed by atoms with E-state index >= 15 is 0 Å². The Kier molecular flexibility index (Phi) is 7.63. The molecule has 0 radical (unpaired) electrons. The highest BCUT2D eigenvalue weighted by atomic mass is 35.5. The number of hydrogen-bond donors (Lipinski definition) is 2. The molecule has 0 saturated heterocycles. The number of ether oxygens (including phenoxy) is 2. The number of nitrogens with one attached hydrogen (secondary N) is 1. The number of carboxylic acid groups (broad SMARTS) is 1. The number of esters is 1. The summed E-state index contributed by atoms with van der Waals surface area (Å²) in [7, 11) is 1.88. The average Bonchev–Trinajstić information content (AvgIpc) is 3.38. The highest BCUT2D eigenvalue weighted by Crippen LogP contribution is 2.43. The van der Waals surface area contributed by atoms with Gasteiger partial charge in [-0.3, -0.25) is 9.20 Å². The number of imidazole rings is 1. The molecule has 188 valence electrons. The number of nitrogens with zero attached hydrogens (tertiary/aromatic N) is 2. The number of carbonyl (C=O) groups excluding carboxylic acids is 1. The quantitative estimate of drug-likeness (QED) is 0.271. The van der Waals surface area contributed by atoms with Crippen LogP contribution in [0, 0.1) is 6.92 Å². The first-order valence-corrected chi connectivity index (χ1v) is 12.4. The monoisotopic (exact) mass is 527 g/mol. The molecule has 0 aliphatic rings. The minimum Gasteiger partial charge on any atom is -0.484 e.